The summed E-state index contributed by atoms with van der Waals surface area (Å²) in [6, 6.07) is 3.06. The molecule has 0 unspecified atom stereocenters. The SMILES string of the molecule is O=C(N[C@H]1COCC[C@H]1O)c1cc(-c2ccc(C(F)(F)F)nc2)nn(-c2cncc(F)c2)c1=O. The maximum Gasteiger partial charge on any atom is 0.433 e. The number of halogens is 4. The summed E-state index contributed by atoms with van der Waals surface area (Å²) in [6.07, 6.45) is -2.35. The number of nitrogens with zero attached hydrogens (tertiary/aromatic N) is 4. The Kier molecular flexibility index (Phi) is 6.39. The standard InChI is InChI=1S/C21H17F4N5O4/c22-12-5-13(9-26-8-12)30-20(33)14(19(32)28-16-10-34-4-3-17(16)31)6-15(29-30)11-1-2-18(27-7-11)21(23,24)25/h1-2,5-9,16-17,31H,3-4,10H2,(H,28,32)/t16-,17+/m0/s1. The second-order valence-electron chi connectivity index (χ2n) is 7.46. The summed E-state index contributed by atoms with van der Waals surface area (Å²) in [5, 5.41) is 16.7. The Morgan fingerprint density at radius 1 is 1.21 bits per heavy atom. The molecule has 1 aliphatic rings. The van der Waals surface area contributed by atoms with Gasteiger partial charge in [0, 0.05) is 24.4 Å². The fourth-order valence-corrected chi connectivity index (χ4v) is 3.31. The van der Waals surface area contributed by atoms with Crippen LogP contribution in [0.2, 0.25) is 0 Å². The van der Waals surface area contributed by atoms with Crippen molar-refractivity contribution in [2.24, 2.45) is 0 Å². The van der Waals surface area contributed by atoms with Gasteiger partial charge in [-0.3, -0.25) is 19.6 Å². The predicted molar refractivity (Wildman–Crippen MR) is 109 cm³/mol. The number of pyridine rings is 2. The van der Waals surface area contributed by atoms with Crippen molar-refractivity contribution in [3.05, 3.63) is 70.3 Å². The molecule has 1 saturated heterocycles. The largest absolute Gasteiger partial charge is 0.433 e. The lowest BCUT2D eigenvalue weighted by Crippen LogP contribution is -2.50. The Morgan fingerprint density at radius 3 is 2.65 bits per heavy atom. The van der Waals surface area contributed by atoms with Crippen LogP contribution in [-0.4, -0.2) is 56.1 Å². The van der Waals surface area contributed by atoms with Crippen LogP contribution < -0.4 is 10.9 Å². The van der Waals surface area contributed by atoms with Gasteiger partial charge < -0.3 is 15.2 Å². The Labute approximate surface area is 189 Å². The molecule has 1 aliphatic heterocycles. The molecule has 13 heteroatoms. The summed E-state index contributed by atoms with van der Waals surface area (Å²) < 4.78 is 58.3. The Hall–Kier alpha value is -3.71. The highest BCUT2D eigenvalue weighted by molar-refractivity contribution is 5.95. The first-order valence-electron chi connectivity index (χ1n) is 9.99. The number of aromatic nitrogens is 4. The van der Waals surface area contributed by atoms with E-state index in [0.29, 0.717) is 11.3 Å². The number of hydrogen-bond donors (Lipinski definition) is 2. The smallest absolute Gasteiger partial charge is 0.391 e. The number of amides is 1. The molecule has 3 aromatic heterocycles. The maximum absolute atomic E-state index is 13.7. The van der Waals surface area contributed by atoms with Gasteiger partial charge in [-0.1, -0.05) is 0 Å². The molecule has 3 aromatic rings. The molecule has 0 bridgehead atoms. The third-order valence-corrected chi connectivity index (χ3v) is 5.08. The van der Waals surface area contributed by atoms with Gasteiger partial charge in [-0.2, -0.15) is 23.0 Å². The van der Waals surface area contributed by atoms with Crippen LogP contribution in [0.1, 0.15) is 22.5 Å². The minimum absolute atomic E-state index is 0.0235. The molecule has 0 radical (unpaired) electrons. The van der Waals surface area contributed by atoms with Crippen LogP contribution in [0.15, 0.2) is 47.7 Å². The molecule has 1 amide bonds. The number of nitrogens with one attached hydrogen (secondary N) is 1. The van der Waals surface area contributed by atoms with E-state index in [9.17, 15) is 32.3 Å². The van der Waals surface area contributed by atoms with E-state index in [0.717, 1.165) is 42.9 Å². The van der Waals surface area contributed by atoms with Crippen LogP contribution in [0.5, 0.6) is 0 Å². The van der Waals surface area contributed by atoms with Gasteiger partial charge in [-0.05, 0) is 24.6 Å². The van der Waals surface area contributed by atoms with E-state index in [1.165, 1.54) is 0 Å². The zero-order chi connectivity index (χ0) is 24.5. The second kappa shape index (κ2) is 9.27. The summed E-state index contributed by atoms with van der Waals surface area (Å²) in [4.78, 5) is 33.0. The van der Waals surface area contributed by atoms with Crippen LogP contribution >= 0.6 is 0 Å². The molecule has 0 saturated carbocycles. The van der Waals surface area contributed by atoms with Crippen LogP contribution in [0.4, 0.5) is 17.6 Å². The summed E-state index contributed by atoms with van der Waals surface area (Å²) in [7, 11) is 0. The molecular weight excluding hydrogens is 462 g/mol. The highest BCUT2D eigenvalue weighted by atomic mass is 19.4. The quantitative estimate of drug-likeness (QED) is 0.547. The number of hydrogen-bond acceptors (Lipinski definition) is 7. The average Bonchev–Trinajstić information content (AvgIpc) is 2.80. The number of carbonyl (C=O) groups excluding carboxylic acids is 1. The maximum atomic E-state index is 13.7. The zero-order valence-corrected chi connectivity index (χ0v) is 17.3. The van der Waals surface area contributed by atoms with Crippen molar-refractivity contribution < 1.29 is 32.2 Å². The monoisotopic (exact) mass is 479 g/mol. The first-order chi connectivity index (χ1) is 16.1. The lowest BCUT2D eigenvalue weighted by molar-refractivity contribution is -0.141. The first kappa shape index (κ1) is 23.4. The van der Waals surface area contributed by atoms with Crippen molar-refractivity contribution in [2.45, 2.75) is 24.7 Å². The number of carbonyl (C=O) groups is 1. The van der Waals surface area contributed by atoms with Gasteiger partial charge in [0.25, 0.3) is 11.5 Å². The predicted octanol–water partition coefficient (Wildman–Crippen LogP) is 1.73. The fraction of sp³-hybridized carbons (Fsp3) is 0.286. The van der Waals surface area contributed by atoms with Crippen molar-refractivity contribution in [1.82, 2.24) is 25.1 Å². The molecule has 2 N–H and O–H groups in total. The Balaban J connectivity index is 1.79. The van der Waals surface area contributed by atoms with E-state index >= 15 is 0 Å². The van der Waals surface area contributed by atoms with E-state index in [1.807, 2.05) is 0 Å². The summed E-state index contributed by atoms with van der Waals surface area (Å²) in [6.45, 7) is 0.336. The van der Waals surface area contributed by atoms with Crippen molar-refractivity contribution in [3.8, 4) is 16.9 Å². The van der Waals surface area contributed by atoms with E-state index in [2.05, 4.69) is 20.4 Å². The van der Waals surface area contributed by atoms with Crippen molar-refractivity contribution >= 4 is 5.91 Å². The lowest BCUT2D eigenvalue weighted by Gasteiger charge is -2.28. The summed E-state index contributed by atoms with van der Waals surface area (Å²) in [5.41, 5.74) is -2.62. The molecule has 0 spiro atoms. The molecule has 0 aromatic carbocycles. The van der Waals surface area contributed by atoms with Gasteiger partial charge in [0.05, 0.1) is 42.5 Å². The number of aliphatic hydroxyl groups excluding tert-OH is 1. The number of alkyl halides is 3. The number of rotatable bonds is 4. The van der Waals surface area contributed by atoms with Gasteiger partial charge in [0.15, 0.2) is 0 Å². The molecule has 2 atom stereocenters. The van der Waals surface area contributed by atoms with Crippen LogP contribution in [-0.2, 0) is 10.9 Å². The van der Waals surface area contributed by atoms with Gasteiger partial charge in [0.1, 0.15) is 17.1 Å². The zero-order valence-electron chi connectivity index (χ0n) is 17.3. The van der Waals surface area contributed by atoms with Crippen LogP contribution in [0.3, 0.4) is 0 Å². The lowest BCUT2D eigenvalue weighted by atomic mass is 10.1. The fourth-order valence-electron chi connectivity index (χ4n) is 3.31. The first-order valence-corrected chi connectivity index (χ1v) is 9.99. The highest BCUT2D eigenvalue weighted by Crippen LogP contribution is 2.28. The average molecular weight is 479 g/mol. The second-order valence-corrected chi connectivity index (χ2v) is 7.46. The minimum Gasteiger partial charge on any atom is -0.391 e. The molecule has 0 aliphatic carbocycles. The van der Waals surface area contributed by atoms with Gasteiger partial charge in [0.2, 0.25) is 0 Å². The highest BCUT2D eigenvalue weighted by Gasteiger charge is 2.32. The van der Waals surface area contributed by atoms with Crippen LogP contribution in [0, 0.1) is 5.82 Å². The van der Waals surface area contributed by atoms with Crippen LogP contribution in [0.25, 0.3) is 16.9 Å². The van der Waals surface area contributed by atoms with Gasteiger partial charge >= 0.3 is 6.18 Å². The van der Waals surface area contributed by atoms with Crippen molar-refractivity contribution in [3.63, 3.8) is 0 Å². The molecule has 4 heterocycles. The van der Waals surface area contributed by atoms with E-state index in [4.69, 9.17) is 4.74 Å². The Bertz CT molecular complexity index is 1260. The van der Waals surface area contributed by atoms with E-state index in [1.54, 1.807) is 0 Å². The number of aliphatic hydroxyl groups is 1. The molecule has 1 fully saturated rings. The topological polar surface area (TPSA) is 119 Å². The molecular formula is C21H17F4N5O4. The van der Waals surface area contributed by atoms with E-state index < -0.39 is 46.9 Å². The van der Waals surface area contributed by atoms with E-state index in [-0.39, 0.29) is 30.0 Å². The normalized spacial score (nSPS) is 18.5. The molecule has 4 rings (SSSR count). The van der Waals surface area contributed by atoms with Gasteiger partial charge in [-0.15, -0.1) is 0 Å². The molecule has 9 nitrogen and oxygen atoms in total. The summed E-state index contributed by atoms with van der Waals surface area (Å²) >= 11 is 0. The third kappa shape index (κ3) is 4.94. The Morgan fingerprint density at radius 2 is 2.00 bits per heavy atom. The number of ether oxygens (including phenoxy) is 1. The summed E-state index contributed by atoms with van der Waals surface area (Å²) in [5.74, 6) is -1.65. The van der Waals surface area contributed by atoms with Crippen molar-refractivity contribution in [1.29, 1.82) is 0 Å². The molecule has 34 heavy (non-hydrogen) atoms. The van der Waals surface area contributed by atoms with Crippen molar-refractivity contribution in [2.75, 3.05) is 13.2 Å². The molecule has 178 valence electrons. The third-order valence-electron chi connectivity index (χ3n) is 5.08. The van der Waals surface area contributed by atoms with Gasteiger partial charge in [-0.25, -0.2) is 4.39 Å². The minimum atomic E-state index is -4.66.